The molecule has 0 radical (unpaired) electrons. The third-order valence-electron chi connectivity index (χ3n) is 5.10. The number of amides is 1. The van der Waals surface area contributed by atoms with Crippen LogP contribution in [0.1, 0.15) is 28.3 Å². The first-order valence-electron chi connectivity index (χ1n) is 9.42. The molecule has 3 aromatic rings. The van der Waals surface area contributed by atoms with Crippen molar-refractivity contribution in [1.29, 1.82) is 0 Å². The number of halogens is 1. The zero-order chi connectivity index (χ0) is 19.3. The third-order valence-corrected chi connectivity index (χ3v) is 5.62. The minimum atomic E-state index is 0.0876. The van der Waals surface area contributed by atoms with E-state index < -0.39 is 0 Å². The number of benzene rings is 2. The molecule has 0 saturated carbocycles. The third kappa shape index (κ3) is 4.44. The zero-order valence-electron chi connectivity index (χ0n) is 15.5. The van der Waals surface area contributed by atoms with Gasteiger partial charge in [0.15, 0.2) is 0 Å². The van der Waals surface area contributed by atoms with Crippen LogP contribution in [0.4, 0.5) is 0 Å². The van der Waals surface area contributed by atoms with Gasteiger partial charge in [-0.25, -0.2) is 4.98 Å². The maximum atomic E-state index is 12.8. The van der Waals surface area contributed by atoms with Crippen LogP contribution >= 0.6 is 15.9 Å². The van der Waals surface area contributed by atoms with Crippen LogP contribution in [0.15, 0.2) is 71.7 Å². The van der Waals surface area contributed by atoms with Gasteiger partial charge in [0.1, 0.15) is 12.4 Å². The molecule has 28 heavy (non-hydrogen) atoms. The highest BCUT2D eigenvalue weighted by atomic mass is 79.9. The highest BCUT2D eigenvalue weighted by molar-refractivity contribution is 9.10. The Bertz CT molecular complexity index is 908. The molecule has 1 aromatic heterocycles. The molecule has 2 aromatic carbocycles. The molecule has 1 atom stereocenters. The summed E-state index contributed by atoms with van der Waals surface area (Å²) in [5, 5.41) is 0. The Balaban J connectivity index is 1.31. The molecule has 0 N–H and O–H groups in total. The van der Waals surface area contributed by atoms with Crippen LogP contribution < -0.4 is 4.74 Å². The first-order valence-corrected chi connectivity index (χ1v) is 10.2. The molecule has 2 heterocycles. The lowest BCUT2D eigenvalue weighted by Crippen LogP contribution is -2.28. The largest absolute Gasteiger partial charge is 0.492 e. The Morgan fingerprint density at radius 2 is 1.93 bits per heavy atom. The molecule has 1 aliphatic rings. The SMILES string of the molecule is O=C(c1ccc(OCCn2ccnc2)cc1)N1CC[C@H](c2ccc(Br)cc2)C1. The Labute approximate surface area is 173 Å². The van der Waals surface area contributed by atoms with E-state index in [-0.39, 0.29) is 5.91 Å². The fourth-order valence-electron chi connectivity index (χ4n) is 3.52. The summed E-state index contributed by atoms with van der Waals surface area (Å²) in [7, 11) is 0. The Hall–Kier alpha value is -2.60. The van der Waals surface area contributed by atoms with Crippen molar-refractivity contribution in [2.75, 3.05) is 19.7 Å². The quantitative estimate of drug-likeness (QED) is 0.573. The maximum absolute atomic E-state index is 12.8. The maximum Gasteiger partial charge on any atom is 0.253 e. The first-order chi connectivity index (χ1) is 13.7. The van der Waals surface area contributed by atoms with Crippen molar-refractivity contribution in [1.82, 2.24) is 14.5 Å². The van der Waals surface area contributed by atoms with Crippen molar-refractivity contribution in [3.8, 4) is 5.75 Å². The number of nitrogens with zero attached hydrogens (tertiary/aromatic N) is 3. The van der Waals surface area contributed by atoms with Crippen LogP contribution in [0.25, 0.3) is 0 Å². The lowest BCUT2D eigenvalue weighted by molar-refractivity contribution is 0.0790. The number of rotatable bonds is 6. The molecule has 1 aliphatic heterocycles. The lowest BCUT2D eigenvalue weighted by atomic mass is 9.99. The number of carbonyl (C=O) groups excluding carboxylic acids is 1. The lowest BCUT2D eigenvalue weighted by Gasteiger charge is -2.17. The second-order valence-corrected chi connectivity index (χ2v) is 7.88. The van der Waals surface area contributed by atoms with E-state index in [1.807, 2.05) is 39.9 Å². The monoisotopic (exact) mass is 439 g/mol. The number of likely N-dealkylation sites (tertiary alicyclic amines) is 1. The number of ether oxygens (including phenoxy) is 1. The van der Waals surface area contributed by atoms with Gasteiger partial charge >= 0.3 is 0 Å². The predicted octanol–water partition coefficient (Wildman–Crippen LogP) is 4.35. The van der Waals surface area contributed by atoms with E-state index in [9.17, 15) is 4.79 Å². The average molecular weight is 440 g/mol. The molecule has 144 valence electrons. The summed E-state index contributed by atoms with van der Waals surface area (Å²) in [6.07, 6.45) is 6.42. The number of carbonyl (C=O) groups is 1. The van der Waals surface area contributed by atoms with Crippen molar-refractivity contribution in [3.63, 3.8) is 0 Å². The van der Waals surface area contributed by atoms with Gasteiger partial charge in [0.2, 0.25) is 0 Å². The predicted molar refractivity (Wildman–Crippen MR) is 112 cm³/mol. The zero-order valence-corrected chi connectivity index (χ0v) is 17.1. The Kier molecular flexibility index (Phi) is 5.76. The molecule has 0 bridgehead atoms. The summed E-state index contributed by atoms with van der Waals surface area (Å²) in [4.78, 5) is 18.8. The molecule has 5 nitrogen and oxygen atoms in total. The summed E-state index contributed by atoms with van der Waals surface area (Å²) < 4.78 is 8.79. The number of hydrogen-bond acceptors (Lipinski definition) is 3. The van der Waals surface area contributed by atoms with Gasteiger partial charge < -0.3 is 14.2 Å². The fraction of sp³-hybridized carbons (Fsp3) is 0.273. The number of hydrogen-bond donors (Lipinski definition) is 0. The molecule has 0 spiro atoms. The van der Waals surface area contributed by atoms with Crippen LogP contribution in [0, 0.1) is 0 Å². The van der Waals surface area contributed by atoms with Crippen LogP contribution in [0.2, 0.25) is 0 Å². The summed E-state index contributed by atoms with van der Waals surface area (Å²) in [6.45, 7) is 2.86. The summed E-state index contributed by atoms with van der Waals surface area (Å²) in [5.74, 6) is 1.26. The van der Waals surface area contributed by atoms with E-state index in [4.69, 9.17) is 4.74 Å². The highest BCUT2D eigenvalue weighted by Gasteiger charge is 2.27. The Morgan fingerprint density at radius 3 is 2.64 bits per heavy atom. The van der Waals surface area contributed by atoms with Gasteiger partial charge in [-0.3, -0.25) is 4.79 Å². The average Bonchev–Trinajstić information content (AvgIpc) is 3.41. The molecular formula is C22H22BrN3O2. The van der Waals surface area contributed by atoms with Crippen molar-refractivity contribution < 1.29 is 9.53 Å². The van der Waals surface area contributed by atoms with Crippen LogP contribution in [-0.4, -0.2) is 40.1 Å². The highest BCUT2D eigenvalue weighted by Crippen LogP contribution is 2.29. The van der Waals surface area contributed by atoms with Gasteiger partial charge in [0, 0.05) is 41.4 Å². The first kappa shape index (κ1) is 18.7. The molecule has 0 unspecified atom stereocenters. The molecule has 1 amide bonds. The molecule has 0 aliphatic carbocycles. The number of aromatic nitrogens is 2. The minimum absolute atomic E-state index is 0.0876. The second kappa shape index (κ2) is 8.61. The fourth-order valence-corrected chi connectivity index (χ4v) is 3.78. The van der Waals surface area contributed by atoms with E-state index in [0.29, 0.717) is 18.1 Å². The molecule has 1 fully saturated rings. The summed E-state index contributed by atoms with van der Waals surface area (Å²) in [6, 6.07) is 15.8. The summed E-state index contributed by atoms with van der Waals surface area (Å²) >= 11 is 3.47. The van der Waals surface area contributed by atoms with Crippen molar-refractivity contribution in [3.05, 3.63) is 82.9 Å². The van der Waals surface area contributed by atoms with Crippen LogP contribution in [0.5, 0.6) is 5.75 Å². The molecule has 4 rings (SSSR count). The topological polar surface area (TPSA) is 47.4 Å². The number of imidazole rings is 1. The van der Waals surface area contributed by atoms with Crippen molar-refractivity contribution >= 4 is 21.8 Å². The second-order valence-electron chi connectivity index (χ2n) is 6.96. The van der Waals surface area contributed by atoms with E-state index in [1.165, 1.54) is 5.56 Å². The van der Waals surface area contributed by atoms with Crippen molar-refractivity contribution in [2.45, 2.75) is 18.9 Å². The van der Waals surface area contributed by atoms with Crippen LogP contribution in [-0.2, 0) is 6.54 Å². The Morgan fingerprint density at radius 1 is 1.14 bits per heavy atom. The van der Waals surface area contributed by atoms with Gasteiger partial charge in [0.05, 0.1) is 12.9 Å². The van der Waals surface area contributed by atoms with Gasteiger partial charge in [0.25, 0.3) is 5.91 Å². The summed E-state index contributed by atoms with van der Waals surface area (Å²) in [5.41, 5.74) is 2.00. The minimum Gasteiger partial charge on any atom is -0.492 e. The van der Waals surface area contributed by atoms with Gasteiger partial charge in [-0.15, -0.1) is 0 Å². The molecule has 6 heteroatoms. The molecule has 1 saturated heterocycles. The van der Waals surface area contributed by atoms with Crippen LogP contribution in [0.3, 0.4) is 0 Å². The van der Waals surface area contributed by atoms with Gasteiger partial charge in [-0.05, 0) is 48.4 Å². The van der Waals surface area contributed by atoms with E-state index >= 15 is 0 Å². The smallest absolute Gasteiger partial charge is 0.253 e. The van der Waals surface area contributed by atoms with Gasteiger partial charge in [-0.1, -0.05) is 28.1 Å². The standard InChI is InChI=1S/C22H22BrN3O2/c23-20-5-1-17(2-6-20)19-9-11-26(15-19)22(27)18-3-7-21(8-4-18)28-14-13-25-12-10-24-16-25/h1-8,10,12,16,19H,9,11,13-15H2/t19-/m0/s1. The normalized spacial score (nSPS) is 16.3. The van der Waals surface area contributed by atoms with E-state index in [0.717, 1.165) is 36.3 Å². The molecular weight excluding hydrogens is 418 g/mol. The van der Waals surface area contributed by atoms with Gasteiger partial charge in [-0.2, -0.15) is 0 Å². The van der Waals surface area contributed by atoms with E-state index in [2.05, 4.69) is 45.2 Å². The van der Waals surface area contributed by atoms with E-state index in [1.54, 1.807) is 12.5 Å². The van der Waals surface area contributed by atoms with Crippen molar-refractivity contribution in [2.24, 2.45) is 0 Å².